The molecular formula is C22H29ClN2O6. The van der Waals surface area contributed by atoms with E-state index < -0.39 is 28.7 Å². The minimum absolute atomic E-state index is 0.262. The first kappa shape index (κ1) is 23.3. The molecule has 1 aliphatic heterocycles. The first-order valence-electron chi connectivity index (χ1n) is 10.3. The zero-order valence-corrected chi connectivity index (χ0v) is 19.1. The van der Waals surface area contributed by atoms with Gasteiger partial charge in [0, 0.05) is 26.1 Å². The zero-order chi connectivity index (χ0) is 22.9. The molecule has 1 saturated heterocycles. The fraction of sp³-hybridized carbons (Fsp3) is 0.591. The van der Waals surface area contributed by atoms with Crippen LogP contribution in [0, 0.1) is 0 Å². The standard InChI is InChI=1S/C22H29ClN2O6/c1-20(2,3)31-19(28)25-22(9-11-30-12-10-22)18(27)24-21(7-8-21)14-5-6-15(16(23)13-14)17(26)29-4/h5-6,13H,7-12H2,1-4H3,(H,24,27)(H,25,28). The van der Waals surface area contributed by atoms with Gasteiger partial charge in [-0.15, -0.1) is 0 Å². The van der Waals surface area contributed by atoms with Gasteiger partial charge >= 0.3 is 12.1 Å². The monoisotopic (exact) mass is 452 g/mol. The first-order valence-corrected chi connectivity index (χ1v) is 10.7. The van der Waals surface area contributed by atoms with Crippen molar-refractivity contribution in [3.63, 3.8) is 0 Å². The van der Waals surface area contributed by atoms with E-state index in [9.17, 15) is 14.4 Å². The van der Waals surface area contributed by atoms with Crippen LogP contribution in [0.15, 0.2) is 18.2 Å². The number of hydrogen-bond donors (Lipinski definition) is 2. The van der Waals surface area contributed by atoms with E-state index in [0.717, 1.165) is 18.4 Å². The maximum absolute atomic E-state index is 13.4. The van der Waals surface area contributed by atoms with Gasteiger partial charge in [0.25, 0.3) is 0 Å². The lowest BCUT2D eigenvalue weighted by Crippen LogP contribution is -2.63. The number of ether oxygens (including phenoxy) is 3. The van der Waals surface area contributed by atoms with Crippen molar-refractivity contribution in [2.45, 2.75) is 63.1 Å². The smallest absolute Gasteiger partial charge is 0.408 e. The van der Waals surface area contributed by atoms with Crippen molar-refractivity contribution in [1.82, 2.24) is 10.6 Å². The van der Waals surface area contributed by atoms with Gasteiger partial charge in [-0.05, 0) is 51.3 Å². The number of hydrogen-bond acceptors (Lipinski definition) is 6. The van der Waals surface area contributed by atoms with E-state index in [2.05, 4.69) is 10.6 Å². The van der Waals surface area contributed by atoms with E-state index >= 15 is 0 Å². The summed E-state index contributed by atoms with van der Waals surface area (Å²) in [6.45, 7) is 6.02. The van der Waals surface area contributed by atoms with Crippen molar-refractivity contribution in [3.8, 4) is 0 Å². The number of methoxy groups -OCH3 is 1. The number of halogens is 1. The van der Waals surface area contributed by atoms with Crippen LogP contribution in [0.3, 0.4) is 0 Å². The number of amides is 2. The number of carbonyl (C=O) groups excluding carboxylic acids is 3. The van der Waals surface area contributed by atoms with Gasteiger partial charge in [0.1, 0.15) is 11.1 Å². The lowest BCUT2D eigenvalue weighted by Gasteiger charge is -2.38. The fourth-order valence-corrected chi connectivity index (χ4v) is 3.92. The van der Waals surface area contributed by atoms with Crippen LogP contribution in [0.5, 0.6) is 0 Å². The Kier molecular flexibility index (Phi) is 6.53. The molecule has 0 radical (unpaired) electrons. The summed E-state index contributed by atoms with van der Waals surface area (Å²) in [6, 6.07) is 5.04. The summed E-state index contributed by atoms with van der Waals surface area (Å²) in [5.74, 6) is -0.805. The molecule has 2 aliphatic rings. The van der Waals surface area contributed by atoms with Crippen LogP contribution in [0.1, 0.15) is 62.4 Å². The lowest BCUT2D eigenvalue weighted by molar-refractivity contribution is -0.132. The highest BCUT2D eigenvalue weighted by Crippen LogP contribution is 2.47. The van der Waals surface area contributed by atoms with Gasteiger partial charge in [-0.25, -0.2) is 9.59 Å². The summed E-state index contributed by atoms with van der Waals surface area (Å²) < 4.78 is 15.5. The van der Waals surface area contributed by atoms with E-state index in [4.69, 9.17) is 25.8 Å². The molecule has 3 rings (SSSR count). The normalized spacial score (nSPS) is 19.1. The van der Waals surface area contributed by atoms with Gasteiger partial charge < -0.3 is 24.8 Å². The molecule has 1 heterocycles. The van der Waals surface area contributed by atoms with Gasteiger partial charge in [0.15, 0.2) is 0 Å². The second kappa shape index (κ2) is 8.67. The zero-order valence-electron chi connectivity index (χ0n) is 18.3. The predicted molar refractivity (Wildman–Crippen MR) is 114 cm³/mol. The van der Waals surface area contributed by atoms with E-state index in [1.807, 2.05) is 0 Å². The van der Waals surface area contributed by atoms with E-state index in [0.29, 0.717) is 26.1 Å². The molecule has 1 aliphatic carbocycles. The molecule has 0 spiro atoms. The van der Waals surface area contributed by atoms with Gasteiger partial charge in [-0.2, -0.15) is 0 Å². The Morgan fingerprint density at radius 3 is 2.23 bits per heavy atom. The molecule has 0 unspecified atom stereocenters. The Morgan fingerprint density at radius 1 is 1.06 bits per heavy atom. The summed E-state index contributed by atoms with van der Waals surface area (Å²) in [5, 5.41) is 6.17. The third kappa shape index (κ3) is 5.30. The quantitative estimate of drug-likeness (QED) is 0.664. The van der Waals surface area contributed by atoms with Crippen LogP contribution in [-0.2, 0) is 24.5 Å². The number of esters is 1. The van der Waals surface area contributed by atoms with Crippen LogP contribution < -0.4 is 10.6 Å². The van der Waals surface area contributed by atoms with E-state index in [1.54, 1.807) is 39.0 Å². The summed E-state index contributed by atoms with van der Waals surface area (Å²) >= 11 is 6.28. The Bertz CT molecular complexity index is 869. The van der Waals surface area contributed by atoms with Gasteiger partial charge in [0.2, 0.25) is 5.91 Å². The van der Waals surface area contributed by atoms with Crippen LogP contribution in [-0.4, -0.2) is 49.4 Å². The Morgan fingerprint density at radius 2 is 1.71 bits per heavy atom. The molecule has 2 fully saturated rings. The van der Waals surface area contributed by atoms with E-state index in [1.165, 1.54) is 7.11 Å². The van der Waals surface area contributed by atoms with Crippen molar-refractivity contribution in [3.05, 3.63) is 34.3 Å². The minimum atomic E-state index is -1.12. The van der Waals surface area contributed by atoms with Crippen LogP contribution >= 0.6 is 11.6 Å². The molecule has 8 nitrogen and oxygen atoms in total. The molecule has 1 aromatic carbocycles. The lowest BCUT2D eigenvalue weighted by atomic mass is 9.88. The largest absolute Gasteiger partial charge is 0.465 e. The number of benzene rings is 1. The average molecular weight is 453 g/mol. The first-order chi connectivity index (χ1) is 14.5. The Labute approximate surface area is 186 Å². The molecule has 170 valence electrons. The molecule has 1 saturated carbocycles. The van der Waals surface area contributed by atoms with Crippen molar-refractivity contribution < 1.29 is 28.6 Å². The molecular weight excluding hydrogens is 424 g/mol. The molecule has 0 bridgehead atoms. The molecule has 31 heavy (non-hydrogen) atoms. The SMILES string of the molecule is COC(=O)c1ccc(C2(NC(=O)C3(NC(=O)OC(C)(C)C)CCOCC3)CC2)cc1Cl. The van der Waals surface area contributed by atoms with Gasteiger partial charge in [-0.3, -0.25) is 4.79 Å². The average Bonchev–Trinajstić information content (AvgIpc) is 3.47. The van der Waals surface area contributed by atoms with Crippen LogP contribution in [0.2, 0.25) is 5.02 Å². The van der Waals surface area contributed by atoms with Gasteiger partial charge in [-0.1, -0.05) is 17.7 Å². The number of rotatable bonds is 5. The van der Waals surface area contributed by atoms with Crippen LogP contribution in [0.25, 0.3) is 0 Å². The molecule has 2 amide bonds. The number of carbonyl (C=O) groups is 3. The predicted octanol–water partition coefficient (Wildman–Crippen LogP) is 3.31. The highest BCUT2D eigenvalue weighted by atomic mass is 35.5. The maximum Gasteiger partial charge on any atom is 0.408 e. The van der Waals surface area contributed by atoms with Crippen molar-refractivity contribution >= 4 is 29.6 Å². The minimum Gasteiger partial charge on any atom is -0.465 e. The molecule has 9 heteroatoms. The molecule has 0 atom stereocenters. The molecule has 1 aromatic rings. The Hall–Kier alpha value is -2.32. The second-order valence-electron chi connectivity index (χ2n) is 9.04. The highest BCUT2D eigenvalue weighted by molar-refractivity contribution is 6.33. The molecule has 0 aromatic heterocycles. The fourth-order valence-electron chi connectivity index (χ4n) is 3.66. The third-order valence-corrected chi connectivity index (χ3v) is 5.86. The van der Waals surface area contributed by atoms with Crippen molar-refractivity contribution in [2.75, 3.05) is 20.3 Å². The van der Waals surface area contributed by atoms with Gasteiger partial charge in [0.05, 0.1) is 23.2 Å². The topological polar surface area (TPSA) is 103 Å². The van der Waals surface area contributed by atoms with E-state index in [-0.39, 0.29) is 16.5 Å². The number of nitrogens with one attached hydrogen (secondary N) is 2. The summed E-state index contributed by atoms with van der Waals surface area (Å²) in [7, 11) is 1.29. The van der Waals surface area contributed by atoms with Crippen LogP contribution in [0.4, 0.5) is 4.79 Å². The second-order valence-corrected chi connectivity index (χ2v) is 9.45. The Balaban J connectivity index is 1.79. The summed E-state index contributed by atoms with van der Waals surface area (Å²) in [4.78, 5) is 37.7. The van der Waals surface area contributed by atoms with Crippen molar-refractivity contribution in [1.29, 1.82) is 0 Å². The maximum atomic E-state index is 13.4. The third-order valence-electron chi connectivity index (χ3n) is 5.55. The summed E-state index contributed by atoms with van der Waals surface area (Å²) in [5.41, 5.74) is -1.31. The van der Waals surface area contributed by atoms with Crippen molar-refractivity contribution in [2.24, 2.45) is 0 Å². The number of alkyl carbamates (subject to hydrolysis) is 1. The summed E-state index contributed by atoms with van der Waals surface area (Å²) in [6.07, 6.45) is 1.50. The highest BCUT2D eigenvalue weighted by Gasteiger charge is 2.51. The molecule has 2 N–H and O–H groups in total.